The van der Waals surface area contributed by atoms with Gasteiger partial charge in [0, 0.05) is 21.6 Å². The van der Waals surface area contributed by atoms with Gasteiger partial charge < -0.3 is 5.73 Å². The summed E-state index contributed by atoms with van der Waals surface area (Å²) >= 11 is 11.7. The summed E-state index contributed by atoms with van der Waals surface area (Å²) in [5.41, 5.74) is 5.35. The Bertz CT molecular complexity index is 1430. The third kappa shape index (κ3) is 4.25. The molecular weight excluding hydrogens is 469 g/mol. The summed E-state index contributed by atoms with van der Waals surface area (Å²) in [5, 5.41) is 0.685. The number of nitrogens with zero attached hydrogens (tertiary/aromatic N) is 2. The number of hydrogen-bond donors (Lipinski definition) is 2. The number of benzene rings is 3. The molecular formula is C20H12Cl2F2N4O2S. The van der Waals surface area contributed by atoms with Crippen molar-refractivity contribution in [3.63, 3.8) is 0 Å². The van der Waals surface area contributed by atoms with Gasteiger partial charge in [-0.1, -0.05) is 29.3 Å². The highest BCUT2D eigenvalue weighted by atomic mass is 35.5. The molecule has 0 aliphatic carbocycles. The minimum absolute atomic E-state index is 0.0649. The van der Waals surface area contributed by atoms with Crippen LogP contribution in [0.2, 0.25) is 10.0 Å². The van der Waals surface area contributed by atoms with Crippen molar-refractivity contribution in [2.45, 2.75) is 4.90 Å². The SMILES string of the molecule is Nc1ncc2cc(-c3c(F)ccc(NS(=O)(=O)c4cc(Cl)cc(Cl)c4)c3F)ccc2n1. The molecule has 11 heteroatoms. The van der Waals surface area contributed by atoms with E-state index in [-0.39, 0.29) is 26.5 Å². The number of sulfonamides is 1. The van der Waals surface area contributed by atoms with Crippen LogP contribution in [0.5, 0.6) is 0 Å². The van der Waals surface area contributed by atoms with Gasteiger partial charge in [0.25, 0.3) is 10.0 Å². The Balaban J connectivity index is 1.78. The predicted octanol–water partition coefficient (Wildman–Crippen LogP) is 5.26. The number of anilines is 2. The molecule has 0 radical (unpaired) electrons. The smallest absolute Gasteiger partial charge is 0.262 e. The molecule has 0 atom stereocenters. The van der Waals surface area contributed by atoms with E-state index in [9.17, 15) is 12.8 Å². The Hall–Kier alpha value is -3.01. The lowest BCUT2D eigenvalue weighted by molar-refractivity contribution is 0.588. The van der Waals surface area contributed by atoms with Crippen molar-refractivity contribution in [2.75, 3.05) is 10.5 Å². The second-order valence-corrected chi connectivity index (χ2v) is 9.05. The normalized spacial score (nSPS) is 11.6. The van der Waals surface area contributed by atoms with E-state index in [1.54, 1.807) is 0 Å². The highest BCUT2D eigenvalue weighted by molar-refractivity contribution is 7.92. The third-order valence-corrected chi connectivity index (χ3v) is 6.15. The summed E-state index contributed by atoms with van der Waals surface area (Å²) in [5.74, 6) is -1.90. The molecule has 31 heavy (non-hydrogen) atoms. The molecule has 0 fully saturated rings. The molecule has 0 saturated carbocycles. The average molecular weight is 481 g/mol. The molecule has 0 bridgehead atoms. The summed E-state index contributed by atoms with van der Waals surface area (Å²) < 4.78 is 57.2. The van der Waals surface area contributed by atoms with E-state index < -0.39 is 32.9 Å². The van der Waals surface area contributed by atoms with Crippen LogP contribution in [0.25, 0.3) is 22.0 Å². The first kappa shape index (κ1) is 21.2. The Morgan fingerprint density at radius 3 is 2.39 bits per heavy atom. The Morgan fingerprint density at radius 2 is 1.68 bits per heavy atom. The van der Waals surface area contributed by atoms with Crippen LogP contribution in [0.15, 0.2) is 59.6 Å². The van der Waals surface area contributed by atoms with Crippen LogP contribution in [0, 0.1) is 11.6 Å². The minimum atomic E-state index is -4.25. The summed E-state index contributed by atoms with van der Waals surface area (Å²) in [6, 6.07) is 10.1. The number of nitrogens with one attached hydrogen (secondary N) is 1. The summed E-state index contributed by atoms with van der Waals surface area (Å²) in [4.78, 5) is 7.63. The Morgan fingerprint density at radius 1 is 0.968 bits per heavy atom. The summed E-state index contributed by atoms with van der Waals surface area (Å²) in [7, 11) is -4.25. The van der Waals surface area contributed by atoms with Crippen LogP contribution >= 0.6 is 23.2 Å². The fourth-order valence-corrected chi connectivity index (χ4v) is 4.77. The number of rotatable bonds is 4. The Kier molecular flexibility index (Phi) is 5.42. The van der Waals surface area contributed by atoms with Crippen LogP contribution in [-0.2, 0) is 10.0 Å². The number of halogens is 4. The number of hydrogen-bond acceptors (Lipinski definition) is 5. The molecule has 0 amide bonds. The highest BCUT2D eigenvalue weighted by Crippen LogP contribution is 2.33. The standard InChI is InChI=1S/C20H12Cl2F2N4O2S/c21-12-6-13(22)8-14(7-12)31(29,30)28-17-4-2-15(23)18(19(17)24)10-1-3-16-11(5-10)9-26-20(25)27-16/h1-9,28H,(H2,25,26,27). The van der Waals surface area contributed by atoms with Gasteiger partial charge in [-0.2, -0.15) is 0 Å². The first-order valence-electron chi connectivity index (χ1n) is 8.63. The molecule has 0 aliphatic rings. The second kappa shape index (κ2) is 7.92. The first-order chi connectivity index (χ1) is 14.6. The quantitative estimate of drug-likeness (QED) is 0.414. The molecule has 4 aromatic rings. The van der Waals surface area contributed by atoms with Gasteiger partial charge in [0.15, 0.2) is 5.82 Å². The molecule has 0 aliphatic heterocycles. The van der Waals surface area contributed by atoms with Crippen LogP contribution in [-0.4, -0.2) is 18.4 Å². The van der Waals surface area contributed by atoms with E-state index in [1.807, 2.05) is 0 Å². The third-order valence-electron chi connectivity index (χ3n) is 4.37. The second-order valence-electron chi connectivity index (χ2n) is 6.50. The summed E-state index contributed by atoms with van der Waals surface area (Å²) in [6.45, 7) is 0. The van der Waals surface area contributed by atoms with Gasteiger partial charge in [-0.3, -0.25) is 4.72 Å². The Labute approximate surface area is 185 Å². The average Bonchev–Trinajstić information content (AvgIpc) is 2.69. The number of fused-ring (bicyclic) bond motifs is 1. The van der Waals surface area contributed by atoms with E-state index in [4.69, 9.17) is 28.9 Å². The topological polar surface area (TPSA) is 98.0 Å². The van der Waals surface area contributed by atoms with E-state index in [0.29, 0.717) is 10.9 Å². The molecule has 6 nitrogen and oxygen atoms in total. The van der Waals surface area contributed by atoms with Crippen molar-refractivity contribution in [1.29, 1.82) is 0 Å². The van der Waals surface area contributed by atoms with Gasteiger partial charge in [0.1, 0.15) is 5.82 Å². The maximum atomic E-state index is 15.2. The largest absolute Gasteiger partial charge is 0.368 e. The molecule has 3 aromatic carbocycles. The first-order valence-corrected chi connectivity index (χ1v) is 10.9. The zero-order valence-electron chi connectivity index (χ0n) is 15.4. The highest BCUT2D eigenvalue weighted by Gasteiger charge is 2.22. The molecule has 1 aromatic heterocycles. The van der Waals surface area contributed by atoms with Crippen molar-refractivity contribution >= 4 is 55.8 Å². The van der Waals surface area contributed by atoms with Crippen molar-refractivity contribution in [3.8, 4) is 11.1 Å². The molecule has 3 N–H and O–H groups in total. The molecule has 0 unspecified atom stereocenters. The van der Waals surface area contributed by atoms with Gasteiger partial charge in [-0.15, -0.1) is 0 Å². The maximum Gasteiger partial charge on any atom is 0.262 e. The number of nitrogens with two attached hydrogens (primary N) is 1. The molecule has 158 valence electrons. The van der Waals surface area contributed by atoms with Gasteiger partial charge >= 0.3 is 0 Å². The lowest BCUT2D eigenvalue weighted by atomic mass is 10.0. The van der Waals surface area contributed by atoms with Crippen LogP contribution in [0.1, 0.15) is 0 Å². The predicted molar refractivity (Wildman–Crippen MR) is 117 cm³/mol. The van der Waals surface area contributed by atoms with Crippen LogP contribution < -0.4 is 10.5 Å². The number of nitrogen functional groups attached to an aromatic ring is 1. The molecule has 0 saturated heterocycles. The molecule has 4 rings (SSSR count). The lowest BCUT2D eigenvalue weighted by Crippen LogP contribution is -2.14. The lowest BCUT2D eigenvalue weighted by Gasteiger charge is -2.13. The van der Waals surface area contributed by atoms with Crippen molar-refractivity contribution in [3.05, 3.63) is 76.4 Å². The number of aromatic nitrogens is 2. The zero-order valence-corrected chi connectivity index (χ0v) is 17.7. The molecule has 0 spiro atoms. The van der Waals surface area contributed by atoms with Gasteiger partial charge in [-0.05, 0) is 48.0 Å². The minimum Gasteiger partial charge on any atom is -0.368 e. The van der Waals surface area contributed by atoms with Crippen molar-refractivity contribution < 1.29 is 17.2 Å². The van der Waals surface area contributed by atoms with E-state index in [1.165, 1.54) is 30.5 Å². The maximum absolute atomic E-state index is 15.2. The van der Waals surface area contributed by atoms with Gasteiger partial charge in [-0.25, -0.2) is 27.2 Å². The van der Waals surface area contributed by atoms with E-state index >= 15 is 4.39 Å². The fourth-order valence-electron chi connectivity index (χ4n) is 2.99. The van der Waals surface area contributed by atoms with Crippen molar-refractivity contribution in [1.82, 2.24) is 9.97 Å². The zero-order chi connectivity index (χ0) is 22.3. The molecule has 1 heterocycles. The van der Waals surface area contributed by atoms with E-state index in [0.717, 1.165) is 24.3 Å². The van der Waals surface area contributed by atoms with E-state index in [2.05, 4.69) is 14.7 Å². The monoisotopic (exact) mass is 480 g/mol. The van der Waals surface area contributed by atoms with Crippen LogP contribution in [0.4, 0.5) is 20.4 Å². The summed E-state index contributed by atoms with van der Waals surface area (Å²) in [6.07, 6.45) is 1.42. The fraction of sp³-hybridized carbons (Fsp3) is 0. The van der Waals surface area contributed by atoms with Gasteiger partial charge in [0.2, 0.25) is 5.95 Å². The van der Waals surface area contributed by atoms with Gasteiger partial charge in [0.05, 0.1) is 21.7 Å². The van der Waals surface area contributed by atoms with Crippen molar-refractivity contribution in [2.24, 2.45) is 0 Å². The van der Waals surface area contributed by atoms with Crippen LogP contribution in [0.3, 0.4) is 0 Å².